The van der Waals surface area contributed by atoms with Crippen molar-refractivity contribution >= 4 is 22.6 Å². The first-order chi connectivity index (χ1) is 12.7. The number of hydrogen-bond donors (Lipinski definition) is 0. The number of benzene rings is 2. The molecule has 1 aliphatic heterocycles. The Morgan fingerprint density at radius 2 is 1.62 bits per heavy atom. The molecule has 1 aliphatic rings. The van der Waals surface area contributed by atoms with Crippen molar-refractivity contribution in [3.05, 3.63) is 66.5 Å². The van der Waals surface area contributed by atoms with Gasteiger partial charge >= 0.3 is 0 Å². The maximum atomic E-state index is 13.0. The molecule has 0 bridgehead atoms. The van der Waals surface area contributed by atoms with Crippen LogP contribution in [0.15, 0.2) is 60.9 Å². The zero-order valence-electron chi connectivity index (χ0n) is 14.4. The van der Waals surface area contributed by atoms with E-state index in [1.54, 1.807) is 28.0 Å². The van der Waals surface area contributed by atoms with Gasteiger partial charge in [-0.3, -0.25) is 14.3 Å². The normalized spacial score (nSPS) is 14.6. The molecule has 0 atom stereocenters. The van der Waals surface area contributed by atoms with Crippen molar-refractivity contribution in [2.24, 2.45) is 0 Å². The van der Waals surface area contributed by atoms with Crippen LogP contribution in [0.4, 0.5) is 0 Å². The molecule has 0 spiro atoms. The molecule has 2 aromatic carbocycles. The number of aromatic nitrogens is 2. The third kappa shape index (κ3) is 3.18. The summed E-state index contributed by atoms with van der Waals surface area (Å²) in [5.41, 5.74) is 0.722. The fraction of sp³-hybridized carbons (Fsp3) is 0.250. The molecule has 1 saturated heterocycles. The van der Waals surface area contributed by atoms with Gasteiger partial charge in [-0.25, -0.2) is 0 Å². The molecule has 0 radical (unpaired) electrons. The van der Waals surface area contributed by atoms with Crippen LogP contribution in [0.3, 0.4) is 0 Å². The smallest absolute Gasteiger partial charge is 0.254 e. The molecule has 1 aromatic heterocycles. The average molecular weight is 348 g/mol. The first-order valence-electron chi connectivity index (χ1n) is 8.74. The number of nitrogens with zero attached hydrogens (tertiary/aromatic N) is 4. The van der Waals surface area contributed by atoms with Gasteiger partial charge in [0.25, 0.3) is 5.91 Å². The lowest BCUT2D eigenvalue weighted by Gasteiger charge is -2.35. The van der Waals surface area contributed by atoms with Gasteiger partial charge in [-0.2, -0.15) is 5.10 Å². The van der Waals surface area contributed by atoms with Gasteiger partial charge in [0.15, 0.2) is 0 Å². The molecular weight excluding hydrogens is 328 g/mol. The monoisotopic (exact) mass is 348 g/mol. The number of fused-ring (bicyclic) bond motifs is 1. The van der Waals surface area contributed by atoms with Crippen LogP contribution in [0.1, 0.15) is 10.4 Å². The average Bonchev–Trinajstić information content (AvgIpc) is 3.20. The third-order valence-electron chi connectivity index (χ3n) is 4.80. The van der Waals surface area contributed by atoms with Crippen molar-refractivity contribution < 1.29 is 9.59 Å². The van der Waals surface area contributed by atoms with E-state index in [1.165, 1.54) is 0 Å². The van der Waals surface area contributed by atoms with E-state index >= 15 is 0 Å². The van der Waals surface area contributed by atoms with E-state index < -0.39 is 0 Å². The van der Waals surface area contributed by atoms with Gasteiger partial charge in [-0.05, 0) is 22.9 Å². The Morgan fingerprint density at radius 3 is 2.38 bits per heavy atom. The Labute approximate surface area is 151 Å². The highest BCUT2D eigenvalue weighted by atomic mass is 16.2. The van der Waals surface area contributed by atoms with Crippen LogP contribution in [0, 0.1) is 0 Å². The highest BCUT2D eigenvalue weighted by molar-refractivity contribution is 6.07. The molecular formula is C20H20N4O2. The van der Waals surface area contributed by atoms with Crippen LogP contribution >= 0.6 is 0 Å². The van der Waals surface area contributed by atoms with Gasteiger partial charge in [0.2, 0.25) is 5.91 Å². The summed E-state index contributed by atoms with van der Waals surface area (Å²) in [6.45, 7) is 2.44. The molecule has 0 N–H and O–H groups in total. The van der Waals surface area contributed by atoms with Crippen molar-refractivity contribution in [2.75, 3.05) is 26.2 Å². The van der Waals surface area contributed by atoms with Gasteiger partial charge in [-0.1, -0.05) is 36.4 Å². The second kappa shape index (κ2) is 7.00. The lowest BCUT2D eigenvalue weighted by atomic mass is 10.0. The number of carbonyl (C=O) groups excluding carboxylic acids is 2. The molecule has 1 fully saturated rings. The molecule has 4 rings (SSSR count). The largest absolute Gasteiger partial charge is 0.338 e. The van der Waals surface area contributed by atoms with E-state index in [4.69, 9.17) is 0 Å². The summed E-state index contributed by atoms with van der Waals surface area (Å²) in [5.74, 6) is 0.0620. The number of carbonyl (C=O) groups is 2. The van der Waals surface area contributed by atoms with Gasteiger partial charge in [-0.15, -0.1) is 0 Å². The van der Waals surface area contributed by atoms with Crippen LogP contribution in [-0.2, 0) is 11.3 Å². The zero-order valence-corrected chi connectivity index (χ0v) is 14.4. The van der Waals surface area contributed by atoms with Crippen molar-refractivity contribution in [1.29, 1.82) is 0 Å². The first-order valence-corrected chi connectivity index (χ1v) is 8.74. The number of hydrogen-bond acceptors (Lipinski definition) is 3. The van der Waals surface area contributed by atoms with Crippen LogP contribution < -0.4 is 0 Å². The zero-order chi connectivity index (χ0) is 17.9. The van der Waals surface area contributed by atoms with Gasteiger partial charge in [0.1, 0.15) is 6.54 Å². The Morgan fingerprint density at radius 1 is 0.885 bits per heavy atom. The fourth-order valence-corrected chi connectivity index (χ4v) is 3.37. The molecule has 6 heteroatoms. The van der Waals surface area contributed by atoms with Crippen LogP contribution in [0.2, 0.25) is 0 Å². The maximum Gasteiger partial charge on any atom is 0.254 e. The summed E-state index contributed by atoms with van der Waals surface area (Å²) in [6.07, 6.45) is 3.44. The molecule has 26 heavy (non-hydrogen) atoms. The van der Waals surface area contributed by atoms with E-state index in [-0.39, 0.29) is 18.4 Å². The highest BCUT2D eigenvalue weighted by Gasteiger charge is 2.25. The lowest BCUT2D eigenvalue weighted by molar-refractivity contribution is -0.133. The second-order valence-corrected chi connectivity index (χ2v) is 6.40. The minimum Gasteiger partial charge on any atom is -0.338 e. The first kappa shape index (κ1) is 16.3. The SMILES string of the molecule is O=C(Cn1cccn1)N1CCN(C(=O)c2cccc3ccccc23)CC1. The van der Waals surface area contributed by atoms with Crippen molar-refractivity contribution in [3.63, 3.8) is 0 Å². The second-order valence-electron chi connectivity index (χ2n) is 6.40. The minimum atomic E-state index is 0.0287. The molecule has 0 aliphatic carbocycles. The Hall–Kier alpha value is -3.15. The van der Waals surface area contributed by atoms with Crippen LogP contribution in [0.5, 0.6) is 0 Å². The molecule has 132 valence electrons. The Balaban J connectivity index is 1.42. The minimum absolute atomic E-state index is 0.0287. The van der Waals surface area contributed by atoms with Crippen molar-refractivity contribution in [2.45, 2.75) is 6.54 Å². The number of amides is 2. The topological polar surface area (TPSA) is 58.4 Å². The lowest BCUT2D eigenvalue weighted by Crippen LogP contribution is -2.51. The van der Waals surface area contributed by atoms with Gasteiger partial charge in [0, 0.05) is 44.1 Å². The molecule has 2 heterocycles. The fourth-order valence-electron chi connectivity index (χ4n) is 3.37. The quantitative estimate of drug-likeness (QED) is 0.728. The van der Waals surface area contributed by atoms with E-state index in [0.29, 0.717) is 26.2 Å². The van der Waals surface area contributed by atoms with Crippen molar-refractivity contribution in [1.82, 2.24) is 19.6 Å². The summed E-state index contributed by atoms with van der Waals surface area (Å²) in [4.78, 5) is 28.9. The Bertz CT molecular complexity index is 923. The summed E-state index contributed by atoms with van der Waals surface area (Å²) >= 11 is 0. The maximum absolute atomic E-state index is 13.0. The molecule has 6 nitrogen and oxygen atoms in total. The highest BCUT2D eigenvalue weighted by Crippen LogP contribution is 2.20. The predicted octanol–water partition coefficient (Wildman–Crippen LogP) is 2.02. The van der Waals surface area contributed by atoms with Crippen LogP contribution in [-0.4, -0.2) is 57.6 Å². The van der Waals surface area contributed by atoms with E-state index in [2.05, 4.69) is 5.10 Å². The van der Waals surface area contributed by atoms with E-state index in [9.17, 15) is 9.59 Å². The number of piperazine rings is 1. The summed E-state index contributed by atoms with van der Waals surface area (Å²) in [6, 6.07) is 15.5. The molecule has 0 unspecified atom stereocenters. The number of rotatable bonds is 3. The summed E-state index contributed by atoms with van der Waals surface area (Å²) in [7, 11) is 0. The standard InChI is InChI=1S/C20H20N4O2/c25-19(15-24-10-4-9-21-24)22-11-13-23(14-12-22)20(26)18-8-3-6-16-5-1-2-7-17(16)18/h1-10H,11-15H2. The summed E-state index contributed by atoms with van der Waals surface area (Å²) < 4.78 is 1.62. The third-order valence-corrected chi connectivity index (χ3v) is 4.80. The predicted molar refractivity (Wildman–Crippen MR) is 98.7 cm³/mol. The van der Waals surface area contributed by atoms with Crippen molar-refractivity contribution in [3.8, 4) is 0 Å². The molecule has 0 saturated carbocycles. The molecule has 2 amide bonds. The summed E-state index contributed by atoms with van der Waals surface area (Å²) in [5, 5.41) is 6.10. The van der Waals surface area contributed by atoms with Gasteiger partial charge in [0.05, 0.1) is 0 Å². The Kier molecular flexibility index (Phi) is 4.39. The van der Waals surface area contributed by atoms with Crippen LogP contribution in [0.25, 0.3) is 10.8 Å². The molecule has 3 aromatic rings. The van der Waals surface area contributed by atoms with Gasteiger partial charge < -0.3 is 9.80 Å². The van der Waals surface area contributed by atoms with E-state index in [1.807, 2.05) is 47.4 Å². The van der Waals surface area contributed by atoms with E-state index in [0.717, 1.165) is 16.3 Å².